The first-order valence-electron chi connectivity index (χ1n) is 8.96. The zero-order valence-corrected chi connectivity index (χ0v) is 15.3. The maximum absolute atomic E-state index is 11.9. The molecule has 6 nitrogen and oxygen atoms in total. The summed E-state index contributed by atoms with van der Waals surface area (Å²) in [4.78, 5) is 23.6. The summed E-state index contributed by atoms with van der Waals surface area (Å²) in [6, 6.07) is 7.29. The van der Waals surface area contributed by atoms with Crippen LogP contribution in [-0.4, -0.2) is 44.3 Å². The van der Waals surface area contributed by atoms with Crippen molar-refractivity contribution in [1.29, 1.82) is 0 Å². The van der Waals surface area contributed by atoms with Crippen LogP contribution in [0.1, 0.15) is 42.6 Å². The van der Waals surface area contributed by atoms with E-state index < -0.39 is 0 Å². The fourth-order valence-corrected chi connectivity index (χ4v) is 3.34. The van der Waals surface area contributed by atoms with E-state index in [1.807, 2.05) is 18.2 Å². The number of rotatable bonds is 6. The van der Waals surface area contributed by atoms with Crippen molar-refractivity contribution in [3.63, 3.8) is 0 Å². The number of carbonyl (C=O) groups excluding carboxylic acids is 2. The number of hydrogen-bond donors (Lipinski definition) is 3. The second kappa shape index (κ2) is 9.42. The highest BCUT2D eigenvalue weighted by atomic mass is 16.5. The molecule has 2 unspecified atom stereocenters. The summed E-state index contributed by atoms with van der Waals surface area (Å²) in [6.07, 6.45) is 3.16. The minimum atomic E-state index is -0.144. The minimum absolute atomic E-state index is 0.104. The van der Waals surface area contributed by atoms with Crippen LogP contribution in [0, 0.1) is 5.92 Å². The van der Waals surface area contributed by atoms with Gasteiger partial charge in [-0.3, -0.25) is 4.79 Å². The fraction of sp³-hybridized carbons (Fsp3) is 0.579. The largest absolute Gasteiger partial charge is 0.376 e. The molecule has 6 heteroatoms. The number of carbonyl (C=O) groups is 2. The van der Waals surface area contributed by atoms with Crippen molar-refractivity contribution in [1.82, 2.24) is 16.0 Å². The molecule has 138 valence electrons. The van der Waals surface area contributed by atoms with Crippen LogP contribution in [-0.2, 0) is 11.2 Å². The first-order valence-corrected chi connectivity index (χ1v) is 8.96. The average molecular weight is 347 g/mol. The molecule has 1 aromatic rings. The van der Waals surface area contributed by atoms with Crippen LogP contribution in [0.5, 0.6) is 0 Å². The van der Waals surface area contributed by atoms with E-state index in [2.05, 4.69) is 29.8 Å². The summed E-state index contributed by atoms with van der Waals surface area (Å²) in [5.41, 5.74) is 1.65. The normalized spacial score (nSPS) is 22.9. The molecule has 1 saturated heterocycles. The van der Waals surface area contributed by atoms with Crippen molar-refractivity contribution in [2.24, 2.45) is 5.92 Å². The minimum Gasteiger partial charge on any atom is -0.376 e. The van der Waals surface area contributed by atoms with Gasteiger partial charge in [-0.05, 0) is 56.7 Å². The number of nitrogens with one attached hydrogen (secondary N) is 3. The van der Waals surface area contributed by atoms with Gasteiger partial charge in [0.25, 0.3) is 5.91 Å². The Bertz CT molecular complexity index is 581. The molecule has 2 rings (SSSR count). The Kier molecular flexibility index (Phi) is 7.25. The molecule has 0 aromatic heterocycles. The molecular weight excluding hydrogens is 318 g/mol. The topological polar surface area (TPSA) is 79.5 Å². The van der Waals surface area contributed by atoms with Crippen molar-refractivity contribution in [3.8, 4) is 0 Å². The van der Waals surface area contributed by atoms with Gasteiger partial charge in [0.05, 0.1) is 12.2 Å². The molecular formula is C19H29N3O3. The smallest absolute Gasteiger partial charge is 0.314 e. The summed E-state index contributed by atoms with van der Waals surface area (Å²) in [5.74, 6) is 0.362. The van der Waals surface area contributed by atoms with Crippen LogP contribution in [0.25, 0.3) is 0 Å². The van der Waals surface area contributed by atoms with Crippen LogP contribution in [0.15, 0.2) is 24.3 Å². The third-order valence-corrected chi connectivity index (χ3v) is 4.46. The number of hydrogen-bond acceptors (Lipinski definition) is 3. The van der Waals surface area contributed by atoms with E-state index in [-0.39, 0.29) is 24.1 Å². The third kappa shape index (κ3) is 6.38. The van der Waals surface area contributed by atoms with E-state index in [9.17, 15) is 9.59 Å². The van der Waals surface area contributed by atoms with Gasteiger partial charge in [-0.25, -0.2) is 4.79 Å². The van der Waals surface area contributed by atoms with Gasteiger partial charge in [-0.1, -0.05) is 12.1 Å². The van der Waals surface area contributed by atoms with E-state index in [1.165, 1.54) is 0 Å². The predicted molar refractivity (Wildman–Crippen MR) is 97.7 cm³/mol. The van der Waals surface area contributed by atoms with Gasteiger partial charge >= 0.3 is 6.03 Å². The molecule has 0 bridgehead atoms. The Morgan fingerprint density at radius 2 is 1.88 bits per heavy atom. The molecule has 1 aliphatic rings. The number of urea groups is 1. The number of benzene rings is 1. The van der Waals surface area contributed by atoms with E-state index in [0.717, 1.165) is 18.4 Å². The van der Waals surface area contributed by atoms with Crippen LogP contribution >= 0.6 is 0 Å². The molecule has 1 aliphatic heterocycles. The lowest BCUT2D eigenvalue weighted by Crippen LogP contribution is -2.41. The van der Waals surface area contributed by atoms with Gasteiger partial charge in [0.1, 0.15) is 0 Å². The highest BCUT2D eigenvalue weighted by molar-refractivity contribution is 5.94. The van der Waals surface area contributed by atoms with E-state index in [1.54, 1.807) is 13.1 Å². The van der Waals surface area contributed by atoms with Crippen LogP contribution < -0.4 is 16.0 Å². The Morgan fingerprint density at radius 3 is 2.56 bits per heavy atom. The molecule has 1 aromatic carbocycles. The van der Waals surface area contributed by atoms with Gasteiger partial charge in [0.15, 0.2) is 0 Å². The number of amides is 3. The van der Waals surface area contributed by atoms with Crippen molar-refractivity contribution >= 4 is 11.9 Å². The summed E-state index contributed by atoms with van der Waals surface area (Å²) < 4.78 is 5.71. The Balaban J connectivity index is 1.69. The number of ether oxygens (including phenoxy) is 1. The van der Waals surface area contributed by atoms with Crippen molar-refractivity contribution < 1.29 is 14.3 Å². The molecule has 1 fully saturated rings. The fourth-order valence-electron chi connectivity index (χ4n) is 3.34. The second-order valence-corrected chi connectivity index (χ2v) is 6.76. The van der Waals surface area contributed by atoms with Gasteiger partial charge in [0, 0.05) is 25.7 Å². The van der Waals surface area contributed by atoms with Gasteiger partial charge in [-0.2, -0.15) is 0 Å². The highest BCUT2D eigenvalue weighted by Crippen LogP contribution is 2.23. The lowest BCUT2D eigenvalue weighted by molar-refractivity contribution is -0.0511. The molecule has 3 N–H and O–H groups in total. The van der Waals surface area contributed by atoms with Gasteiger partial charge < -0.3 is 20.7 Å². The molecule has 25 heavy (non-hydrogen) atoms. The quantitative estimate of drug-likeness (QED) is 0.737. The highest BCUT2D eigenvalue weighted by Gasteiger charge is 2.24. The van der Waals surface area contributed by atoms with Gasteiger partial charge in [0.2, 0.25) is 0 Å². The van der Waals surface area contributed by atoms with Gasteiger partial charge in [-0.15, -0.1) is 0 Å². The Labute approximate surface area is 149 Å². The standard InChI is InChI=1S/C19H29N3O3/c1-13-9-16(10-14(2)25-13)12-22-19(24)21-8-7-15-5-4-6-17(11-15)18(23)20-3/h4-6,11,13-14,16H,7-10,12H2,1-3H3,(H,20,23)(H2,21,22,24). The van der Waals surface area contributed by atoms with Crippen LogP contribution in [0.3, 0.4) is 0 Å². The molecule has 0 radical (unpaired) electrons. The first-order chi connectivity index (χ1) is 12.0. The lowest BCUT2D eigenvalue weighted by atomic mass is 9.92. The van der Waals surface area contributed by atoms with Crippen molar-refractivity contribution in [3.05, 3.63) is 35.4 Å². The average Bonchev–Trinajstić information content (AvgIpc) is 2.59. The summed E-state index contributed by atoms with van der Waals surface area (Å²) in [7, 11) is 1.61. The van der Waals surface area contributed by atoms with Crippen LogP contribution in [0.2, 0.25) is 0 Å². The molecule has 2 atom stereocenters. The Morgan fingerprint density at radius 1 is 1.16 bits per heavy atom. The maximum Gasteiger partial charge on any atom is 0.314 e. The maximum atomic E-state index is 11.9. The molecule has 0 spiro atoms. The Hall–Kier alpha value is -2.08. The van der Waals surface area contributed by atoms with Crippen LogP contribution in [0.4, 0.5) is 4.79 Å². The first kappa shape index (κ1) is 19.2. The van der Waals surface area contributed by atoms with E-state index >= 15 is 0 Å². The third-order valence-electron chi connectivity index (χ3n) is 4.46. The molecule has 3 amide bonds. The SMILES string of the molecule is CNC(=O)c1cccc(CCNC(=O)NCC2CC(C)OC(C)C2)c1. The molecule has 0 aliphatic carbocycles. The zero-order valence-electron chi connectivity index (χ0n) is 15.3. The van der Waals surface area contributed by atoms with Crippen molar-refractivity contribution in [2.45, 2.75) is 45.3 Å². The summed E-state index contributed by atoms with van der Waals surface area (Å²) in [6.45, 7) is 5.37. The summed E-state index contributed by atoms with van der Waals surface area (Å²) in [5, 5.41) is 8.43. The molecule has 0 saturated carbocycles. The molecule has 1 heterocycles. The summed E-state index contributed by atoms with van der Waals surface area (Å²) >= 11 is 0. The zero-order chi connectivity index (χ0) is 18.2. The second-order valence-electron chi connectivity index (χ2n) is 6.76. The van der Waals surface area contributed by atoms with E-state index in [4.69, 9.17) is 4.74 Å². The predicted octanol–water partition coefficient (Wildman–Crippen LogP) is 2.09. The monoisotopic (exact) mass is 347 g/mol. The lowest BCUT2D eigenvalue weighted by Gasteiger charge is -2.32. The van der Waals surface area contributed by atoms with E-state index in [0.29, 0.717) is 31.0 Å². The van der Waals surface area contributed by atoms with Crippen molar-refractivity contribution in [2.75, 3.05) is 20.1 Å².